The molecule has 0 saturated heterocycles. The number of anilines is 1. The Morgan fingerprint density at radius 1 is 1.38 bits per heavy atom. The molecule has 0 aliphatic carbocycles. The van der Waals surface area contributed by atoms with E-state index in [9.17, 15) is 4.79 Å². The van der Waals surface area contributed by atoms with Crippen molar-refractivity contribution in [3.8, 4) is 0 Å². The maximum Gasteiger partial charge on any atom is 0.271 e. The highest BCUT2D eigenvalue weighted by molar-refractivity contribution is 9.08. The Morgan fingerprint density at radius 2 is 2.12 bits per heavy atom. The second-order valence-electron chi connectivity index (χ2n) is 3.27. The molecule has 5 nitrogen and oxygen atoms in total. The first-order chi connectivity index (χ1) is 7.65. The lowest BCUT2D eigenvalue weighted by Crippen LogP contribution is -2.16. The number of fused-ring (bicyclic) bond motifs is 1. The van der Waals surface area contributed by atoms with E-state index in [0.717, 1.165) is 5.56 Å². The van der Waals surface area contributed by atoms with Crippen molar-refractivity contribution < 1.29 is 4.79 Å². The summed E-state index contributed by atoms with van der Waals surface area (Å²) in [5.74, 6) is -0.670. The summed E-state index contributed by atoms with van der Waals surface area (Å²) in [5, 5.41) is 9.06. The molecular formula is C10H9BrN4O. The van der Waals surface area contributed by atoms with Gasteiger partial charge in [-0.15, -0.1) is 10.2 Å². The van der Waals surface area contributed by atoms with Crippen LogP contribution < -0.4 is 11.5 Å². The molecule has 0 unspecified atom stereocenters. The fourth-order valence-electron chi connectivity index (χ4n) is 1.50. The van der Waals surface area contributed by atoms with Crippen LogP contribution in [-0.2, 0) is 5.33 Å². The predicted molar refractivity (Wildman–Crippen MR) is 65.1 cm³/mol. The topological polar surface area (TPSA) is 94.9 Å². The van der Waals surface area contributed by atoms with E-state index in [1.165, 1.54) is 0 Å². The summed E-state index contributed by atoms with van der Waals surface area (Å²) in [6.07, 6.45) is 0. The van der Waals surface area contributed by atoms with Crippen molar-refractivity contribution in [1.29, 1.82) is 0 Å². The third-order valence-corrected chi connectivity index (χ3v) is 2.90. The van der Waals surface area contributed by atoms with Gasteiger partial charge < -0.3 is 11.5 Å². The van der Waals surface area contributed by atoms with Gasteiger partial charge in [0.25, 0.3) is 5.91 Å². The van der Waals surface area contributed by atoms with Gasteiger partial charge in [0.1, 0.15) is 0 Å². The van der Waals surface area contributed by atoms with Crippen LogP contribution in [0, 0.1) is 0 Å². The summed E-state index contributed by atoms with van der Waals surface area (Å²) in [5.41, 5.74) is 12.9. The number of halogens is 1. The standard InChI is InChI=1S/C10H9BrN4O/c11-4-5-2-1-3-6-7(12)9(10(13)16)15-14-8(5)6/h1-3H,4H2,(H2,12,14)(H2,13,16). The van der Waals surface area contributed by atoms with Crippen LogP contribution in [0.1, 0.15) is 16.1 Å². The van der Waals surface area contributed by atoms with Gasteiger partial charge in [-0.05, 0) is 5.56 Å². The first-order valence-corrected chi connectivity index (χ1v) is 5.66. The van der Waals surface area contributed by atoms with Gasteiger partial charge >= 0.3 is 0 Å². The van der Waals surface area contributed by atoms with Crippen molar-refractivity contribution in [1.82, 2.24) is 10.2 Å². The normalized spacial score (nSPS) is 10.6. The van der Waals surface area contributed by atoms with Gasteiger partial charge in [0.05, 0.1) is 11.2 Å². The van der Waals surface area contributed by atoms with Gasteiger partial charge in [-0.25, -0.2) is 0 Å². The number of amides is 1. The average molecular weight is 281 g/mol. The molecule has 2 aromatic rings. The van der Waals surface area contributed by atoms with E-state index in [4.69, 9.17) is 11.5 Å². The van der Waals surface area contributed by atoms with Crippen LogP contribution in [-0.4, -0.2) is 16.1 Å². The minimum atomic E-state index is -0.670. The zero-order valence-corrected chi connectivity index (χ0v) is 9.86. The maximum absolute atomic E-state index is 11.1. The van der Waals surface area contributed by atoms with Crippen LogP contribution in [0.5, 0.6) is 0 Å². The van der Waals surface area contributed by atoms with E-state index in [-0.39, 0.29) is 11.4 Å². The van der Waals surface area contributed by atoms with E-state index in [2.05, 4.69) is 26.1 Å². The third kappa shape index (κ3) is 1.61. The first-order valence-electron chi connectivity index (χ1n) is 4.54. The summed E-state index contributed by atoms with van der Waals surface area (Å²) in [4.78, 5) is 11.1. The van der Waals surface area contributed by atoms with Crippen molar-refractivity contribution in [2.45, 2.75) is 5.33 Å². The number of nitrogens with zero attached hydrogens (tertiary/aromatic N) is 2. The molecule has 0 spiro atoms. The second kappa shape index (κ2) is 4.05. The fourth-order valence-corrected chi connectivity index (χ4v) is 1.95. The van der Waals surface area contributed by atoms with E-state index in [1.54, 1.807) is 6.07 Å². The van der Waals surface area contributed by atoms with Gasteiger partial charge in [-0.2, -0.15) is 0 Å². The molecule has 0 atom stereocenters. The van der Waals surface area contributed by atoms with Crippen molar-refractivity contribution in [2.75, 3.05) is 5.73 Å². The monoisotopic (exact) mass is 280 g/mol. The van der Waals surface area contributed by atoms with Gasteiger partial charge in [0.2, 0.25) is 0 Å². The number of aromatic nitrogens is 2. The van der Waals surface area contributed by atoms with Crippen molar-refractivity contribution in [3.63, 3.8) is 0 Å². The number of carbonyl (C=O) groups is 1. The lowest BCUT2D eigenvalue weighted by atomic mass is 10.1. The number of nitrogens with two attached hydrogens (primary N) is 2. The molecule has 6 heteroatoms. The number of primary amides is 1. The minimum Gasteiger partial charge on any atom is -0.396 e. The number of rotatable bonds is 2. The number of alkyl halides is 1. The van der Waals surface area contributed by atoms with Crippen LogP contribution in [0.3, 0.4) is 0 Å². The largest absolute Gasteiger partial charge is 0.396 e. The number of hydrogen-bond acceptors (Lipinski definition) is 4. The van der Waals surface area contributed by atoms with Crippen LogP contribution >= 0.6 is 15.9 Å². The Hall–Kier alpha value is -1.69. The molecular weight excluding hydrogens is 272 g/mol. The minimum absolute atomic E-state index is 0.0132. The fraction of sp³-hybridized carbons (Fsp3) is 0.100. The van der Waals surface area contributed by atoms with Gasteiger partial charge in [0.15, 0.2) is 5.69 Å². The highest BCUT2D eigenvalue weighted by Crippen LogP contribution is 2.24. The lowest BCUT2D eigenvalue weighted by Gasteiger charge is -2.06. The molecule has 0 aliphatic rings. The quantitative estimate of drug-likeness (QED) is 0.809. The summed E-state index contributed by atoms with van der Waals surface area (Å²) in [6, 6.07) is 5.55. The van der Waals surface area contributed by atoms with Crippen molar-refractivity contribution >= 4 is 38.4 Å². The van der Waals surface area contributed by atoms with E-state index < -0.39 is 5.91 Å². The Kier molecular flexibility index (Phi) is 2.74. The van der Waals surface area contributed by atoms with Gasteiger partial charge in [-0.1, -0.05) is 34.1 Å². The Morgan fingerprint density at radius 3 is 2.75 bits per heavy atom. The van der Waals surface area contributed by atoms with E-state index >= 15 is 0 Å². The summed E-state index contributed by atoms with van der Waals surface area (Å²) >= 11 is 3.35. The SMILES string of the molecule is NC(=O)c1nnc2c(CBr)cccc2c1N. The molecule has 2 rings (SSSR count). The van der Waals surface area contributed by atoms with Gasteiger partial charge in [0, 0.05) is 10.7 Å². The van der Waals surface area contributed by atoms with Crippen LogP contribution in [0.4, 0.5) is 5.69 Å². The molecule has 0 saturated carbocycles. The zero-order valence-electron chi connectivity index (χ0n) is 8.27. The molecule has 4 N–H and O–H groups in total. The zero-order chi connectivity index (χ0) is 11.7. The molecule has 1 heterocycles. The molecule has 0 radical (unpaired) electrons. The molecule has 1 aromatic heterocycles. The van der Waals surface area contributed by atoms with Crippen LogP contribution in [0.2, 0.25) is 0 Å². The smallest absolute Gasteiger partial charge is 0.271 e. The van der Waals surface area contributed by atoms with Gasteiger partial charge in [-0.3, -0.25) is 4.79 Å². The Bertz CT molecular complexity index is 570. The average Bonchev–Trinajstić information content (AvgIpc) is 2.28. The number of carbonyl (C=O) groups excluding carboxylic acids is 1. The first kappa shape index (κ1) is 10.8. The Labute approximate surface area is 100.0 Å². The second-order valence-corrected chi connectivity index (χ2v) is 3.83. The number of hydrogen-bond donors (Lipinski definition) is 2. The number of nitrogen functional groups attached to an aromatic ring is 1. The highest BCUT2D eigenvalue weighted by atomic mass is 79.9. The van der Waals surface area contributed by atoms with Crippen molar-refractivity contribution in [2.24, 2.45) is 5.73 Å². The molecule has 16 heavy (non-hydrogen) atoms. The third-order valence-electron chi connectivity index (χ3n) is 2.29. The van der Waals surface area contributed by atoms with E-state index in [1.807, 2.05) is 12.1 Å². The molecule has 0 fully saturated rings. The molecule has 0 aliphatic heterocycles. The highest BCUT2D eigenvalue weighted by Gasteiger charge is 2.13. The molecule has 0 bridgehead atoms. The van der Waals surface area contributed by atoms with E-state index in [0.29, 0.717) is 16.2 Å². The summed E-state index contributed by atoms with van der Waals surface area (Å²) in [6.45, 7) is 0. The summed E-state index contributed by atoms with van der Waals surface area (Å²) < 4.78 is 0. The Balaban J connectivity index is 2.81. The number of benzene rings is 1. The van der Waals surface area contributed by atoms with Crippen LogP contribution in [0.25, 0.3) is 10.9 Å². The molecule has 1 aromatic carbocycles. The maximum atomic E-state index is 11.1. The molecule has 82 valence electrons. The molecule has 1 amide bonds. The predicted octanol–water partition coefficient (Wildman–Crippen LogP) is 1.21. The van der Waals surface area contributed by atoms with Crippen molar-refractivity contribution in [3.05, 3.63) is 29.5 Å². The summed E-state index contributed by atoms with van der Waals surface area (Å²) in [7, 11) is 0. The lowest BCUT2D eigenvalue weighted by molar-refractivity contribution is 0.0996. The van der Waals surface area contributed by atoms with Crippen LogP contribution in [0.15, 0.2) is 18.2 Å².